The van der Waals surface area contributed by atoms with Gasteiger partial charge >= 0.3 is 5.97 Å². The number of nitrogens with zero attached hydrogens (tertiary/aromatic N) is 5. The fraction of sp³-hybridized carbons (Fsp3) is 0.0213. The van der Waals surface area contributed by atoms with Crippen molar-refractivity contribution in [2.24, 2.45) is 0 Å². The molecule has 0 fully saturated rings. The minimum absolute atomic E-state index is 0.398. The Labute approximate surface area is 310 Å². The number of fused-ring (bicyclic) bond motifs is 6. The van der Waals surface area contributed by atoms with E-state index in [0.717, 1.165) is 55.3 Å². The Morgan fingerprint density at radius 2 is 0.963 bits per heavy atom. The van der Waals surface area contributed by atoms with Gasteiger partial charge in [-0.05, 0) is 65.7 Å². The van der Waals surface area contributed by atoms with Gasteiger partial charge in [0.05, 0.1) is 34.7 Å². The van der Waals surface area contributed by atoms with Crippen LogP contribution in [0.25, 0.3) is 89.2 Å². The molecule has 0 N–H and O–H groups in total. The van der Waals surface area contributed by atoms with E-state index in [9.17, 15) is 4.79 Å². The van der Waals surface area contributed by atoms with Gasteiger partial charge in [-0.15, -0.1) is 0 Å². The van der Waals surface area contributed by atoms with Gasteiger partial charge in [0.15, 0.2) is 11.6 Å². The third kappa shape index (κ3) is 5.13. The standard InChI is InChI=1S/C47H31N5O2/c1-54-46(53)32-22-20-31(21-23-32)45-48-44(30-12-4-2-5-13-30)49-47(50-45)52-41-19-11-8-16-36(41)38-26-24-34(29-43(38)52)33-25-27-42-39(28-33)37-17-9-10-18-40(37)51(42)35-14-6-3-7-15-35/h2-29H,1H3. The molecule has 7 nitrogen and oxygen atoms in total. The van der Waals surface area contributed by atoms with E-state index in [1.165, 1.54) is 23.4 Å². The molecular formula is C47H31N5O2. The second-order valence-electron chi connectivity index (χ2n) is 13.2. The van der Waals surface area contributed by atoms with E-state index in [1.807, 2.05) is 48.5 Å². The third-order valence-corrected chi connectivity index (χ3v) is 10.1. The SMILES string of the molecule is COC(=O)c1ccc(-c2nc(-c3ccccc3)nc(-n3c4ccccc4c4ccc(-c5ccc6c(c5)c5ccccc5n6-c5ccccc5)cc43)n2)cc1. The molecule has 0 saturated heterocycles. The lowest BCUT2D eigenvalue weighted by atomic mass is 10.0. The number of ether oxygens (including phenoxy) is 1. The predicted molar refractivity (Wildman–Crippen MR) is 216 cm³/mol. The molecule has 0 spiro atoms. The Bertz CT molecular complexity index is 3040. The van der Waals surface area contributed by atoms with Gasteiger partial charge in [-0.25, -0.2) is 9.78 Å². The highest BCUT2D eigenvalue weighted by atomic mass is 16.5. The summed E-state index contributed by atoms with van der Waals surface area (Å²) in [4.78, 5) is 27.3. The zero-order valence-corrected chi connectivity index (χ0v) is 29.2. The fourth-order valence-corrected chi connectivity index (χ4v) is 7.56. The summed E-state index contributed by atoms with van der Waals surface area (Å²) in [6.07, 6.45) is 0. The van der Waals surface area contributed by atoms with Gasteiger partial charge < -0.3 is 9.30 Å². The highest BCUT2D eigenvalue weighted by Gasteiger charge is 2.19. The number of hydrogen-bond acceptors (Lipinski definition) is 5. The summed E-state index contributed by atoms with van der Waals surface area (Å²) in [6, 6.07) is 57.9. The normalized spacial score (nSPS) is 11.5. The maximum atomic E-state index is 12.2. The zero-order valence-electron chi connectivity index (χ0n) is 29.2. The molecule has 10 aromatic rings. The summed E-state index contributed by atoms with van der Waals surface area (Å²) in [5.41, 5.74) is 9.72. The highest BCUT2D eigenvalue weighted by Crippen LogP contribution is 2.38. The number of benzene rings is 7. The van der Waals surface area contributed by atoms with Gasteiger partial charge in [-0.3, -0.25) is 4.57 Å². The van der Waals surface area contributed by atoms with Crippen LogP contribution in [-0.4, -0.2) is 37.2 Å². The van der Waals surface area contributed by atoms with Crippen LogP contribution in [0.15, 0.2) is 170 Å². The molecule has 7 heteroatoms. The first-order chi connectivity index (χ1) is 26.6. The number of rotatable bonds is 6. The van der Waals surface area contributed by atoms with Crippen LogP contribution < -0.4 is 0 Å². The fourth-order valence-electron chi connectivity index (χ4n) is 7.56. The molecule has 0 bridgehead atoms. The minimum Gasteiger partial charge on any atom is -0.465 e. The van der Waals surface area contributed by atoms with E-state index >= 15 is 0 Å². The van der Waals surface area contributed by atoms with E-state index in [0.29, 0.717) is 23.2 Å². The molecule has 10 rings (SSSR count). The average Bonchev–Trinajstić information content (AvgIpc) is 3.76. The maximum Gasteiger partial charge on any atom is 0.337 e. The lowest BCUT2D eigenvalue weighted by Crippen LogP contribution is -2.06. The van der Waals surface area contributed by atoms with E-state index in [2.05, 4.69) is 118 Å². The van der Waals surface area contributed by atoms with Crippen molar-refractivity contribution in [3.05, 3.63) is 175 Å². The van der Waals surface area contributed by atoms with Crippen molar-refractivity contribution < 1.29 is 9.53 Å². The van der Waals surface area contributed by atoms with Gasteiger partial charge in [-0.1, -0.05) is 115 Å². The van der Waals surface area contributed by atoms with Crippen molar-refractivity contribution in [3.63, 3.8) is 0 Å². The average molecular weight is 698 g/mol. The van der Waals surface area contributed by atoms with E-state index < -0.39 is 5.97 Å². The lowest BCUT2D eigenvalue weighted by Gasteiger charge is -2.12. The first-order valence-corrected chi connectivity index (χ1v) is 17.8. The van der Waals surface area contributed by atoms with Crippen molar-refractivity contribution >= 4 is 49.6 Å². The molecule has 0 atom stereocenters. The molecule has 3 heterocycles. The van der Waals surface area contributed by atoms with Crippen molar-refractivity contribution in [1.82, 2.24) is 24.1 Å². The van der Waals surface area contributed by atoms with Crippen LogP contribution in [0.3, 0.4) is 0 Å². The van der Waals surface area contributed by atoms with Crippen LogP contribution in [0.2, 0.25) is 0 Å². The van der Waals surface area contributed by atoms with Gasteiger partial charge in [0.1, 0.15) is 0 Å². The Morgan fingerprint density at radius 3 is 1.67 bits per heavy atom. The van der Waals surface area contributed by atoms with Crippen molar-refractivity contribution in [2.75, 3.05) is 7.11 Å². The van der Waals surface area contributed by atoms with Crippen LogP contribution in [0.4, 0.5) is 0 Å². The van der Waals surface area contributed by atoms with Crippen LogP contribution in [0, 0.1) is 0 Å². The molecule has 54 heavy (non-hydrogen) atoms. The van der Waals surface area contributed by atoms with Crippen LogP contribution in [0.1, 0.15) is 10.4 Å². The minimum atomic E-state index is -0.398. The second kappa shape index (κ2) is 12.7. The monoisotopic (exact) mass is 697 g/mol. The lowest BCUT2D eigenvalue weighted by molar-refractivity contribution is 0.0600. The molecule has 3 aromatic heterocycles. The molecule has 0 aliphatic carbocycles. The number of methoxy groups -OCH3 is 1. The molecule has 0 aliphatic rings. The quantitative estimate of drug-likeness (QED) is 0.162. The van der Waals surface area contributed by atoms with Crippen LogP contribution in [0.5, 0.6) is 0 Å². The molecule has 256 valence electrons. The van der Waals surface area contributed by atoms with Crippen molar-refractivity contribution in [3.8, 4) is 45.5 Å². The summed E-state index contributed by atoms with van der Waals surface area (Å²) in [5, 5.41) is 4.60. The van der Waals surface area contributed by atoms with E-state index in [1.54, 1.807) is 12.1 Å². The molecule has 0 amide bonds. The van der Waals surface area contributed by atoms with E-state index in [-0.39, 0.29) is 0 Å². The van der Waals surface area contributed by atoms with Crippen LogP contribution >= 0.6 is 0 Å². The summed E-state index contributed by atoms with van der Waals surface area (Å²) in [5.74, 6) is 1.15. The maximum absolute atomic E-state index is 12.2. The predicted octanol–water partition coefficient (Wildman–Crippen LogP) is 10.9. The van der Waals surface area contributed by atoms with Gasteiger partial charge in [0.2, 0.25) is 5.95 Å². The smallest absolute Gasteiger partial charge is 0.337 e. The molecule has 0 radical (unpaired) electrons. The third-order valence-electron chi connectivity index (χ3n) is 10.1. The summed E-state index contributed by atoms with van der Waals surface area (Å²) in [6.45, 7) is 0. The summed E-state index contributed by atoms with van der Waals surface area (Å²) < 4.78 is 9.39. The largest absolute Gasteiger partial charge is 0.465 e. The molecular weight excluding hydrogens is 667 g/mol. The Kier molecular flexibility index (Phi) is 7.37. The number of aromatic nitrogens is 5. The number of esters is 1. The van der Waals surface area contributed by atoms with E-state index in [4.69, 9.17) is 19.7 Å². The topological polar surface area (TPSA) is 74.8 Å². The molecule has 7 aromatic carbocycles. The van der Waals surface area contributed by atoms with Gasteiger partial charge in [-0.2, -0.15) is 9.97 Å². The molecule has 0 aliphatic heterocycles. The second-order valence-corrected chi connectivity index (χ2v) is 13.2. The zero-order chi connectivity index (χ0) is 36.2. The number of para-hydroxylation sites is 3. The first-order valence-electron chi connectivity index (χ1n) is 17.8. The molecule has 0 saturated carbocycles. The first kappa shape index (κ1) is 31.4. The van der Waals surface area contributed by atoms with Crippen molar-refractivity contribution in [2.45, 2.75) is 0 Å². The highest BCUT2D eigenvalue weighted by molar-refractivity contribution is 6.12. The number of hydrogen-bond donors (Lipinski definition) is 0. The number of carbonyl (C=O) groups is 1. The Balaban J connectivity index is 1.18. The van der Waals surface area contributed by atoms with Crippen LogP contribution in [-0.2, 0) is 4.74 Å². The molecule has 0 unspecified atom stereocenters. The summed E-state index contributed by atoms with van der Waals surface area (Å²) in [7, 11) is 1.38. The Hall–Kier alpha value is -7.38. The summed E-state index contributed by atoms with van der Waals surface area (Å²) >= 11 is 0. The van der Waals surface area contributed by atoms with Gasteiger partial charge in [0, 0.05) is 38.4 Å². The van der Waals surface area contributed by atoms with Gasteiger partial charge in [0.25, 0.3) is 0 Å². The van der Waals surface area contributed by atoms with Crippen molar-refractivity contribution in [1.29, 1.82) is 0 Å². The number of carbonyl (C=O) groups excluding carboxylic acids is 1. The Morgan fingerprint density at radius 1 is 0.444 bits per heavy atom.